The Morgan fingerprint density at radius 3 is 2.76 bits per heavy atom. The molecule has 0 aliphatic heterocycles. The maximum Gasteiger partial charge on any atom is 0.345 e. The number of nitrogens with zero attached hydrogens (tertiary/aromatic N) is 3. The lowest BCUT2D eigenvalue weighted by Gasteiger charge is -2.06. The Balaban J connectivity index is 1.81. The van der Waals surface area contributed by atoms with Crippen molar-refractivity contribution in [3.05, 3.63) is 16.8 Å². The van der Waals surface area contributed by atoms with Gasteiger partial charge in [-0.25, -0.2) is 9.48 Å². The molecule has 1 aromatic heterocycles. The minimum Gasteiger partial charge on any atom is -0.353 e. The van der Waals surface area contributed by atoms with Gasteiger partial charge in [0.15, 0.2) is 0 Å². The zero-order valence-corrected chi connectivity index (χ0v) is 10.4. The van der Waals surface area contributed by atoms with E-state index in [0.29, 0.717) is 13.0 Å². The molecule has 0 spiro atoms. The zero-order chi connectivity index (χ0) is 12.6. The number of nitrogens with one attached hydrogen (secondary N) is 1. The Morgan fingerprint density at radius 1 is 1.65 bits per heavy atom. The highest BCUT2D eigenvalue weighted by atomic mass is 16.2. The van der Waals surface area contributed by atoms with E-state index in [9.17, 15) is 9.59 Å². The van der Waals surface area contributed by atoms with E-state index in [0.717, 1.165) is 6.42 Å². The van der Waals surface area contributed by atoms with E-state index in [1.165, 1.54) is 15.6 Å². The van der Waals surface area contributed by atoms with Crippen molar-refractivity contribution in [2.24, 2.45) is 12.5 Å². The fraction of sp³-hybridized carbons (Fsp3) is 0.727. The summed E-state index contributed by atoms with van der Waals surface area (Å²) in [5.41, 5.74) is 0.0434. The molecule has 2 rings (SSSR count). The van der Waals surface area contributed by atoms with Crippen molar-refractivity contribution >= 4 is 5.91 Å². The standard InChI is InChI=1S/C11H18N4O2/c1-11(2)6-8(11)13-9(16)4-5-15-10(17)14(3)7-12-15/h7-8H,4-6H2,1-3H3,(H,13,16)/t8-/m0/s1. The first-order chi connectivity index (χ1) is 7.90. The molecule has 17 heavy (non-hydrogen) atoms. The van der Waals surface area contributed by atoms with E-state index >= 15 is 0 Å². The molecule has 0 aromatic carbocycles. The van der Waals surface area contributed by atoms with Gasteiger partial charge < -0.3 is 5.32 Å². The Bertz CT molecular complexity index is 486. The minimum atomic E-state index is -0.190. The summed E-state index contributed by atoms with van der Waals surface area (Å²) in [6, 6.07) is 0.287. The highest BCUT2D eigenvalue weighted by molar-refractivity contribution is 5.76. The monoisotopic (exact) mass is 238 g/mol. The van der Waals surface area contributed by atoms with Gasteiger partial charge in [0, 0.05) is 19.5 Å². The van der Waals surface area contributed by atoms with Gasteiger partial charge in [-0.05, 0) is 11.8 Å². The molecule has 6 heteroatoms. The van der Waals surface area contributed by atoms with Gasteiger partial charge in [0.05, 0.1) is 6.54 Å². The second kappa shape index (κ2) is 4.01. The Labute approximate surface area is 99.6 Å². The minimum absolute atomic E-state index is 0.0156. The molecule has 1 heterocycles. The lowest BCUT2D eigenvalue weighted by molar-refractivity contribution is -0.121. The molecule has 0 radical (unpaired) electrons. The van der Waals surface area contributed by atoms with E-state index in [-0.39, 0.29) is 23.1 Å². The first-order valence-electron chi connectivity index (χ1n) is 5.78. The van der Waals surface area contributed by atoms with Crippen LogP contribution in [0.25, 0.3) is 0 Å². The first-order valence-corrected chi connectivity index (χ1v) is 5.78. The van der Waals surface area contributed by atoms with Crippen LogP contribution >= 0.6 is 0 Å². The smallest absolute Gasteiger partial charge is 0.345 e. The van der Waals surface area contributed by atoms with Crippen LogP contribution in [0.3, 0.4) is 0 Å². The molecule has 94 valence electrons. The highest BCUT2D eigenvalue weighted by Crippen LogP contribution is 2.44. The molecule has 1 fully saturated rings. The van der Waals surface area contributed by atoms with Gasteiger partial charge >= 0.3 is 5.69 Å². The number of carbonyl (C=O) groups is 1. The fourth-order valence-corrected chi connectivity index (χ4v) is 1.76. The summed E-state index contributed by atoms with van der Waals surface area (Å²) in [5, 5.41) is 6.85. The average Bonchev–Trinajstić information content (AvgIpc) is 2.70. The van der Waals surface area contributed by atoms with Gasteiger partial charge in [-0.3, -0.25) is 9.36 Å². The second-order valence-corrected chi connectivity index (χ2v) is 5.31. The van der Waals surface area contributed by atoms with Crippen molar-refractivity contribution in [2.75, 3.05) is 0 Å². The molecule has 1 saturated carbocycles. The number of rotatable bonds is 4. The summed E-state index contributed by atoms with van der Waals surface area (Å²) in [6.07, 6.45) is 2.77. The van der Waals surface area contributed by atoms with Crippen LogP contribution in [0, 0.1) is 5.41 Å². The van der Waals surface area contributed by atoms with Crippen LogP contribution in [-0.4, -0.2) is 26.3 Å². The maximum absolute atomic E-state index is 11.6. The van der Waals surface area contributed by atoms with E-state index in [1.807, 2.05) is 0 Å². The lowest BCUT2D eigenvalue weighted by Crippen LogP contribution is -2.31. The van der Waals surface area contributed by atoms with Gasteiger partial charge in [0.2, 0.25) is 5.91 Å². The van der Waals surface area contributed by atoms with Gasteiger partial charge in [0.25, 0.3) is 0 Å². The van der Waals surface area contributed by atoms with Crippen molar-refractivity contribution in [3.63, 3.8) is 0 Å². The van der Waals surface area contributed by atoms with Gasteiger partial charge in [-0.1, -0.05) is 13.8 Å². The van der Waals surface area contributed by atoms with Crippen LogP contribution < -0.4 is 11.0 Å². The van der Waals surface area contributed by atoms with Crippen molar-refractivity contribution in [1.29, 1.82) is 0 Å². The summed E-state index contributed by atoms with van der Waals surface area (Å²) < 4.78 is 2.69. The van der Waals surface area contributed by atoms with E-state index in [1.54, 1.807) is 7.05 Å². The van der Waals surface area contributed by atoms with E-state index in [4.69, 9.17) is 0 Å². The van der Waals surface area contributed by atoms with Gasteiger partial charge in [0.1, 0.15) is 6.33 Å². The number of hydrogen-bond acceptors (Lipinski definition) is 3. The molecule has 1 N–H and O–H groups in total. The molecular formula is C11H18N4O2. The molecule has 1 aromatic rings. The summed E-state index contributed by atoms with van der Waals surface area (Å²) in [5.74, 6) is -0.0156. The lowest BCUT2D eigenvalue weighted by atomic mass is 10.2. The van der Waals surface area contributed by atoms with Crippen LogP contribution in [0.4, 0.5) is 0 Å². The number of aromatic nitrogens is 3. The Morgan fingerprint density at radius 2 is 2.29 bits per heavy atom. The fourth-order valence-electron chi connectivity index (χ4n) is 1.76. The summed E-state index contributed by atoms with van der Waals surface area (Å²) in [7, 11) is 1.64. The quantitative estimate of drug-likeness (QED) is 0.795. The molecule has 1 aliphatic carbocycles. The molecule has 1 aliphatic rings. The molecular weight excluding hydrogens is 220 g/mol. The van der Waals surface area contributed by atoms with Gasteiger partial charge in [-0.2, -0.15) is 5.10 Å². The predicted molar refractivity (Wildman–Crippen MR) is 62.4 cm³/mol. The summed E-state index contributed by atoms with van der Waals surface area (Å²) in [4.78, 5) is 23.1. The molecule has 6 nitrogen and oxygen atoms in total. The number of aryl methyl sites for hydroxylation is 2. The van der Waals surface area contributed by atoms with Crippen molar-refractivity contribution < 1.29 is 4.79 Å². The third-order valence-electron chi connectivity index (χ3n) is 3.29. The predicted octanol–water partition coefficient (Wildman–Crippen LogP) is -0.113. The molecule has 0 bridgehead atoms. The topological polar surface area (TPSA) is 68.9 Å². The molecule has 1 atom stereocenters. The maximum atomic E-state index is 11.6. The molecule has 1 amide bonds. The van der Waals surface area contributed by atoms with Crippen molar-refractivity contribution in [2.45, 2.75) is 39.3 Å². The first kappa shape index (κ1) is 11.9. The summed E-state index contributed by atoms with van der Waals surface area (Å²) >= 11 is 0. The van der Waals surface area contributed by atoms with E-state index < -0.39 is 0 Å². The third-order valence-corrected chi connectivity index (χ3v) is 3.29. The van der Waals surface area contributed by atoms with Crippen LogP contribution in [0.2, 0.25) is 0 Å². The van der Waals surface area contributed by atoms with E-state index in [2.05, 4.69) is 24.3 Å². The number of hydrogen-bond donors (Lipinski definition) is 1. The largest absolute Gasteiger partial charge is 0.353 e. The summed E-state index contributed by atoms with van der Waals surface area (Å²) in [6.45, 7) is 4.58. The average molecular weight is 238 g/mol. The Kier molecular flexibility index (Phi) is 2.81. The normalized spacial score (nSPS) is 21.2. The van der Waals surface area contributed by atoms with Crippen LogP contribution in [0.15, 0.2) is 11.1 Å². The van der Waals surface area contributed by atoms with Gasteiger partial charge in [-0.15, -0.1) is 0 Å². The van der Waals surface area contributed by atoms with Crippen LogP contribution in [-0.2, 0) is 18.4 Å². The molecule has 0 saturated heterocycles. The zero-order valence-electron chi connectivity index (χ0n) is 10.4. The molecule has 0 unspecified atom stereocenters. The number of carbonyl (C=O) groups excluding carboxylic acids is 1. The third kappa shape index (κ3) is 2.57. The van der Waals surface area contributed by atoms with Crippen LogP contribution in [0.1, 0.15) is 26.7 Å². The highest BCUT2D eigenvalue weighted by Gasteiger charge is 2.46. The van der Waals surface area contributed by atoms with Crippen molar-refractivity contribution in [1.82, 2.24) is 19.7 Å². The Hall–Kier alpha value is -1.59. The SMILES string of the molecule is Cn1cnn(CCC(=O)N[C@H]2CC2(C)C)c1=O. The van der Waals surface area contributed by atoms with Crippen molar-refractivity contribution in [3.8, 4) is 0 Å². The second-order valence-electron chi connectivity index (χ2n) is 5.31. The number of amides is 1. The van der Waals surface area contributed by atoms with Crippen LogP contribution in [0.5, 0.6) is 0 Å².